The second-order valence-corrected chi connectivity index (χ2v) is 6.45. The van der Waals surface area contributed by atoms with Crippen LogP contribution in [-0.4, -0.2) is 88.8 Å². The van der Waals surface area contributed by atoms with Gasteiger partial charge in [-0.15, -0.1) is 0 Å². The number of carboxylic acids is 1. The van der Waals surface area contributed by atoms with Gasteiger partial charge in [0, 0.05) is 0 Å². The molecule has 0 aliphatic rings. The molecule has 0 aliphatic heterocycles. The molecular formula is C16H30N6O8. The van der Waals surface area contributed by atoms with Gasteiger partial charge in [-0.05, 0) is 19.4 Å². The number of hydrogen-bond acceptors (Lipinski definition) is 9. The van der Waals surface area contributed by atoms with Crippen molar-refractivity contribution in [3.8, 4) is 0 Å². The fourth-order valence-corrected chi connectivity index (χ4v) is 2.25. The van der Waals surface area contributed by atoms with E-state index >= 15 is 0 Å². The number of primary amides is 1. The third-order valence-corrected chi connectivity index (χ3v) is 3.96. The lowest BCUT2D eigenvalue weighted by Gasteiger charge is -2.23. The third-order valence-electron chi connectivity index (χ3n) is 3.96. The Kier molecular flexibility index (Phi) is 12.9. The number of nitrogens with one attached hydrogen (secondary N) is 3. The van der Waals surface area contributed by atoms with Crippen LogP contribution in [0.4, 0.5) is 0 Å². The van der Waals surface area contributed by atoms with Crippen molar-refractivity contribution in [2.75, 3.05) is 19.8 Å². The summed E-state index contributed by atoms with van der Waals surface area (Å²) < 4.78 is 0. The molecule has 4 amide bonds. The fraction of sp³-hybridized carbons (Fsp3) is 0.688. The van der Waals surface area contributed by atoms with Crippen LogP contribution < -0.4 is 33.2 Å². The Morgan fingerprint density at radius 3 is 1.77 bits per heavy atom. The zero-order valence-corrected chi connectivity index (χ0v) is 16.4. The quantitative estimate of drug-likeness (QED) is 0.111. The molecule has 0 spiro atoms. The predicted octanol–water partition coefficient (Wildman–Crippen LogP) is -5.16. The second-order valence-electron chi connectivity index (χ2n) is 6.45. The van der Waals surface area contributed by atoms with E-state index in [0.717, 1.165) is 0 Å². The number of aliphatic hydroxyl groups excluding tert-OH is 2. The summed E-state index contributed by atoms with van der Waals surface area (Å²) in [6, 6.07) is -5.73. The molecule has 0 heterocycles. The highest BCUT2D eigenvalue weighted by Crippen LogP contribution is 2.01. The van der Waals surface area contributed by atoms with Crippen LogP contribution in [0.3, 0.4) is 0 Å². The second kappa shape index (κ2) is 14.2. The van der Waals surface area contributed by atoms with Crippen LogP contribution in [0.2, 0.25) is 0 Å². The summed E-state index contributed by atoms with van der Waals surface area (Å²) in [6.45, 7) is -1.43. The van der Waals surface area contributed by atoms with Gasteiger partial charge in [0.1, 0.15) is 18.1 Å². The van der Waals surface area contributed by atoms with E-state index in [0.29, 0.717) is 19.4 Å². The van der Waals surface area contributed by atoms with Crippen LogP contribution in [0.1, 0.15) is 25.7 Å². The molecule has 12 N–H and O–H groups in total. The van der Waals surface area contributed by atoms with Gasteiger partial charge < -0.3 is 48.5 Å². The minimum atomic E-state index is -1.66. The molecule has 14 nitrogen and oxygen atoms in total. The first-order valence-electron chi connectivity index (χ1n) is 9.16. The molecule has 0 saturated carbocycles. The Hall–Kier alpha value is -2.81. The highest BCUT2D eigenvalue weighted by Gasteiger charge is 2.30. The van der Waals surface area contributed by atoms with Crippen molar-refractivity contribution >= 4 is 29.6 Å². The van der Waals surface area contributed by atoms with E-state index in [-0.39, 0.29) is 6.42 Å². The lowest BCUT2D eigenvalue weighted by atomic mass is 10.1. The van der Waals surface area contributed by atoms with Crippen molar-refractivity contribution in [2.45, 2.75) is 49.9 Å². The zero-order chi connectivity index (χ0) is 23.3. The first kappa shape index (κ1) is 27.2. The van der Waals surface area contributed by atoms with Crippen LogP contribution in [0, 0.1) is 0 Å². The van der Waals surface area contributed by atoms with Crippen molar-refractivity contribution in [3.05, 3.63) is 0 Å². The Morgan fingerprint density at radius 1 is 0.800 bits per heavy atom. The van der Waals surface area contributed by atoms with Crippen LogP contribution in [-0.2, 0) is 24.0 Å². The first-order chi connectivity index (χ1) is 14.1. The number of amides is 4. The summed E-state index contributed by atoms with van der Waals surface area (Å²) in [5, 5.41) is 33.4. The van der Waals surface area contributed by atoms with Gasteiger partial charge in [-0.1, -0.05) is 6.42 Å². The number of carboxylic acid groups (broad SMARTS) is 1. The van der Waals surface area contributed by atoms with Gasteiger partial charge >= 0.3 is 5.97 Å². The number of nitrogens with two attached hydrogens (primary N) is 3. The molecule has 4 atom stereocenters. The topological polar surface area (TPSA) is 260 Å². The minimum Gasteiger partial charge on any atom is -0.480 e. The molecule has 0 fully saturated rings. The van der Waals surface area contributed by atoms with E-state index in [1.807, 2.05) is 5.32 Å². The number of carbonyl (C=O) groups is 5. The van der Waals surface area contributed by atoms with Crippen LogP contribution in [0.5, 0.6) is 0 Å². The van der Waals surface area contributed by atoms with Crippen molar-refractivity contribution in [3.63, 3.8) is 0 Å². The van der Waals surface area contributed by atoms with Crippen molar-refractivity contribution in [1.82, 2.24) is 16.0 Å². The molecule has 172 valence electrons. The maximum atomic E-state index is 12.4. The van der Waals surface area contributed by atoms with Gasteiger partial charge in [0.25, 0.3) is 0 Å². The molecular weight excluding hydrogens is 404 g/mol. The Labute approximate surface area is 172 Å². The molecule has 0 aromatic rings. The normalized spacial score (nSPS) is 14.7. The minimum absolute atomic E-state index is 0.285. The molecule has 0 radical (unpaired) electrons. The van der Waals surface area contributed by atoms with E-state index in [1.54, 1.807) is 0 Å². The molecule has 0 bridgehead atoms. The van der Waals surface area contributed by atoms with Gasteiger partial charge in [-0.3, -0.25) is 19.2 Å². The van der Waals surface area contributed by atoms with Gasteiger partial charge in [-0.2, -0.15) is 0 Å². The molecule has 14 heteroatoms. The maximum absolute atomic E-state index is 12.4. The molecule has 0 aromatic heterocycles. The van der Waals surface area contributed by atoms with Crippen molar-refractivity contribution in [2.24, 2.45) is 17.2 Å². The summed E-state index contributed by atoms with van der Waals surface area (Å²) in [4.78, 5) is 58.7. The van der Waals surface area contributed by atoms with Crippen molar-refractivity contribution in [1.29, 1.82) is 0 Å². The fourth-order valence-electron chi connectivity index (χ4n) is 2.25. The van der Waals surface area contributed by atoms with Crippen LogP contribution >= 0.6 is 0 Å². The van der Waals surface area contributed by atoms with E-state index in [1.165, 1.54) is 0 Å². The van der Waals surface area contributed by atoms with E-state index in [2.05, 4.69) is 10.6 Å². The lowest BCUT2D eigenvalue weighted by Crippen LogP contribution is -2.59. The number of unbranched alkanes of at least 4 members (excludes halogenated alkanes) is 1. The van der Waals surface area contributed by atoms with E-state index in [9.17, 15) is 29.1 Å². The predicted molar refractivity (Wildman–Crippen MR) is 102 cm³/mol. The summed E-state index contributed by atoms with van der Waals surface area (Å²) >= 11 is 0. The SMILES string of the molecule is NCCCCC(N)C(=O)NC(CC(N)=O)C(=O)NC(CO)C(=O)NC(CO)C(=O)O. The molecule has 0 aromatic carbocycles. The summed E-state index contributed by atoms with van der Waals surface area (Å²) in [5.41, 5.74) is 16.2. The lowest BCUT2D eigenvalue weighted by molar-refractivity contribution is -0.143. The Morgan fingerprint density at radius 2 is 1.30 bits per heavy atom. The molecule has 30 heavy (non-hydrogen) atoms. The molecule has 4 unspecified atom stereocenters. The van der Waals surface area contributed by atoms with Gasteiger partial charge in [0.15, 0.2) is 0 Å². The summed E-state index contributed by atoms with van der Waals surface area (Å²) in [6.07, 6.45) is 0.888. The number of hydrogen-bond donors (Lipinski definition) is 9. The molecule has 0 aliphatic carbocycles. The Balaban J connectivity index is 5.10. The number of carbonyl (C=O) groups excluding carboxylic acids is 4. The van der Waals surface area contributed by atoms with Gasteiger partial charge in [-0.25, -0.2) is 4.79 Å². The van der Waals surface area contributed by atoms with Crippen LogP contribution in [0.15, 0.2) is 0 Å². The highest BCUT2D eigenvalue weighted by molar-refractivity contribution is 5.96. The zero-order valence-electron chi connectivity index (χ0n) is 16.4. The van der Waals surface area contributed by atoms with Gasteiger partial charge in [0.2, 0.25) is 23.6 Å². The maximum Gasteiger partial charge on any atom is 0.328 e. The first-order valence-corrected chi connectivity index (χ1v) is 9.16. The van der Waals surface area contributed by atoms with E-state index in [4.69, 9.17) is 27.4 Å². The third kappa shape index (κ3) is 10.1. The molecule has 0 rings (SSSR count). The Bertz CT molecular complexity index is 617. The monoisotopic (exact) mass is 434 g/mol. The average molecular weight is 434 g/mol. The van der Waals surface area contributed by atoms with E-state index < -0.39 is 73.4 Å². The van der Waals surface area contributed by atoms with Crippen molar-refractivity contribution < 1.29 is 39.3 Å². The molecule has 0 saturated heterocycles. The smallest absolute Gasteiger partial charge is 0.328 e. The number of aliphatic hydroxyl groups is 2. The largest absolute Gasteiger partial charge is 0.480 e. The summed E-state index contributed by atoms with van der Waals surface area (Å²) in [7, 11) is 0. The van der Waals surface area contributed by atoms with Gasteiger partial charge in [0.05, 0.1) is 25.7 Å². The highest BCUT2D eigenvalue weighted by atomic mass is 16.4. The summed E-state index contributed by atoms with van der Waals surface area (Å²) in [5.74, 6) is -5.32. The number of rotatable bonds is 15. The standard InChI is InChI=1S/C16H30N6O8/c17-4-2-1-3-8(18)13(26)20-9(5-12(19)25)14(27)21-10(6-23)15(28)22-11(7-24)16(29)30/h8-11,23-24H,1-7,17-18H2,(H2,19,25)(H,20,26)(H,21,27)(H,22,28)(H,29,30). The number of aliphatic carboxylic acids is 1. The van der Waals surface area contributed by atoms with Crippen LogP contribution in [0.25, 0.3) is 0 Å². The average Bonchev–Trinajstić information content (AvgIpc) is 2.68.